The van der Waals surface area contributed by atoms with E-state index in [0.717, 1.165) is 0 Å². The Kier molecular flexibility index (Phi) is 4.64. The third-order valence-corrected chi connectivity index (χ3v) is 2.55. The summed E-state index contributed by atoms with van der Waals surface area (Å²) in [5.41, 5.74) is -0.476. The van der Waals surface area contributed by atoms with Crippen LogP contribution in [0.25, 0.3) is 0 Å². The molecule has 0 spiro atoms. The molecule has 0 saturated carbocycles. The van der Waals surface area contributed by atoms with Gasteiger partial charge < -0.3 is 10.6 Å². The van der Waals surface area contributed by atoms with Gasteiger partial charge in [-0.15, -0.1) is 0 Å². The minimum absolute atomic E-state index is 0.101. The van der Waals surface area contributed by atoms with Crippen LogP contribution in [0.1, 0.15) is 27.7 Å². The van der Waals surface area contributed by atoms with Crippen molar-refractivity contribution in [1.82, 2.24) is 5.32 Å². The predicted molar refractivity (Wildman–Crippen MR) is 72.1 cm³/mol. The first kappa shape index (κ1) is 15.1. The summed E-state index contributed by atoms with van der Waals surface area (Å²) in [6.45, 7) is 6.82. The fraction of sp³-hybridized carbons (Fsp3) is 0.429. The molecular weight excluding hydrogens is 247 g/mol. The smallest absolute Gasteiger partial charge is 0.246 e. The average Bonchev–Trinajstić information content (AvgIpc) is 2.30. The highest BCUT2D eigenvalue weighted by molar-refractivity contribution is 5.97. The molecule has 0 aromatic heterocycles. The van der Waals surface area contributed by atoms with Crippen molar-refractivity contribution < 1.29 is 14.0 Å². The number of carbonyl (C=O) groups is 2. The Hall–Kier alpha value is -1.91. The molecule has 1 aromatic rings. The molecule has 104 valence electrons. The van der Waals surface area contributed by atoms with Gasteiger partial charge in [-0.05, 0) is 19.1 Å². The fourth-order valence-corrected chi connectivity index (χ4v) is 1.28. The third-order valence-electron chi connectivity index (χ3n) is 2.55. The molecule has 0 heterocycles. The maximum Gasteiger partial charge on any atom is 0.246 e. The maximum atomic E-state index is 13.4. The van der Waals surface area contributed by atoms with E-state index in [1.807, 2.05) is 0 Å². The number of amides is 2. The van der Waals surface area contributed by atoms with E-state index in [-0.39, 0.29) is 11.6 Å². The van der Waals surface area contributed by atoms with Crippen LogP contribution in [0.3, 0.4) is 0 Å². The number of anilines is 1. The molecule has 0 aliphatic carbocycles. The van der Waals surface area contributed by atoms with Gasteiger partial charge in [0, 0.05) is 5.41 Å². The molecule has 0 aliphatic heterocycles. The van der Waals surface area contributed by atoms with Crippen LogP contribution >= 0.6 is 0 Å². The highest BCUT2D eigenvalue weighted by Gasteiger charge is 2.25. The van der Waals surface area contributed by atoms with Crippen molar-refractivity contribution in [2.24, 2.45) is 5.41 Å². The van der Waals surface area contributed by atoms with Gasteiger partial charge in [0.2, 0.25) is 11.8 Å². The summed E-state index contributed by atoms with van der Waals surface area (Å²) in [7, 11) is 0. The molecule has 5 heteroatoms. The van der Waals surface area contributed by atoms with Gasteiger partial charge in [0.1, 0.15) is 11.9 Å². The van der Waals surface area contributed by atoms with Crippen LogP contribution < -0.4 is 10.6 Å². The standard InChI is InChI=1S/C14H19FN2O2/c1-9(16-13(19)14(2,3)4)12(18)17-11-8-6-5-7-10(11)15/h5-9H,1-4H3,(H,16,19)(H,17,18)/t9-/m0/s1. The van der Waals surface area contributed by atoms with Crippen LogP contribution in [-0.2, 0) is 9.59 Å². The van der Waals surface area contributed by atoms with E-state index in [1.165, 1.54) is 18.2 Å². The van der Waals surface area contributed by atoms with Crippen LogP contribution in [0.15, 0.2) is 24.3 Å². The van der Waals surface area contributed by atoms with Crippen molar-refractivity contribution in [3.05, 3.63) is 30.1 Å². The third kappa shape index (κ3) is 4.35. The molecule has 0 unspecified atom stereocenters. The maximum absolute atomic E-state index is 13.4. The monoisotopic (exact) mass is 266 g/mol. The summed E-state index contributed by atoms with van der Waals surface area (Å²) in [5, 5.41) is 5.02. The predicted octanol–water partition coefficient (Wildman–Crippen LogP) is 2.32. The van der Waals surface area contributed by atoms with Gasteiger partial charge >= 0.3 is 0 Å². The van der Waals surface area contributed by atoms with Gasteiger partial charge in [0.05, 0.1) is 5.69 Å². The van der Waals surface area contributed by atoms with Crippen molar-refractivity contribution >= 4 is 17.5 Å². The van der Waals surface area contributed by atoms with E-state index < -0.39 is 23.2 Å². The molecule has 2 N–H and O–H groups in total. The molecule has 19 heavy (non-hydrogen) atoms. The minimum Gasteiger partial charge on any atom is -0.344 e. The molecule has 1 aromatic carbocycles. The SMILES string of the molecule is C[C@H](NC(=O)C(C)(C)C)C(=O)Nc1ccccc1F. The van der Waals surface area contributed by atoms with Crippen molar-refractivity contribution in [2.45, 2.75) is 33.7 Å². The number of hydrogen-bond acceptors (Lipinski definition) is 2. The lowest BCUT2D eigenvalue weighted by atomic mass is 9.95. The van der Waals surface area contributed by atoms with E-state index in [9.17, 15) is 14.0 Å². The van der Waals surface area contributed by atoms with Gasteiger partial charge in [0.25, 0.3) is 0 Å². The lowest BCUT2D eigenvalue weighted by molar-refractivity contribution is -0.131. The van der Waals surface area contributed by atoms with E-state index in [2.05, 4.69) is 10.6 Å². The van der Waals surface area contributed by atoms with Crippen LogP contribution in [-0.4, -0.2) is 17.9 Å². The zero-order chi connectivity index (χ0) is 14.6. The van der Waals surface area contributed by atoms with E-state index in [4.69, 9.17) is 0 Å². The van der Waals surface area contributed by atoms with Crippen LogP contribution in [0.4, 0.5) is 10.1 Å². The second kappa shape index (κ2) is 5.82. The number of benzene rings is 1. The van der Waals surface area contributed by atoms with Crippen molar-refractivity contribution in [2.75, 3.05) is 5.32 Å². The van der Waals surface area contributed by atoms with Gasteiger partial charge in [-0.2, -0.15) is 0 Å². The van der Waals surface area contributed by atoms with E-state index in [0.29, 0.717) is 0 Å². The molecule has 0 aliphatic rings. The molecule has 2 amide bonds. The lowest BCUT2D eigenvalue weighted by Gasteiger charge is -2.21. The van der Waals surface area contributed by atoms with Gasteiger partial charge in [0.15, 0.2) is 0 Å². The second-order valence-electron chi connectivity index (χ2n) is 5.41. The summed E-state index contributed by atoms with van der Waals surface area (Å²) >= 11 is 0. The Balaban J connectivity index is 2.64. The number of hydrogen-bond donors (Lipinski definition) is 2. The highest BCUT2D eigenvalue weighted by atomic mass is 19.1. The first-order valence-corrected chi connectivity index (χ1v) is 6.08. The number of nitrogens with one attached hydrogen (secondary N) is 2. The molecule has 0 saturated heterocycles. The van der Waals surface area contributed by atoms with Crippen molar-refractivity contribution in [1.29, 1.82) is 0 Å². The quantitative estimate of drug-likeness (QED) is 0.882. The van der Waals surface area contributed by atoms with E-state index >= 15 is 0 Å². The number of para-hydroxylation sites is 1. The first-order valence-electron chi connectivity index (χ1n) is 6.08. The van der Waals surface area contributed by atoms with Gasteiger partial charge in [-0.25, -0.2) is 4.39 Å². The second-order valence-corrected chi connectivity index (χ2v) is 5.41. The molecular formula is C14H19FN2O2. The molecule has 1 atom stereocenters. The summed E-state index contributed by atoms with van der Waals surface area (Å²) in [5.74, 6) is -1.20. The Labute approximate surface area is 112 Å². The number of carbonyl (C=O) groups excluding carboxylic acids is 2. The van der Waals surface area contributed by atoms with E-state index in [1.54, 1.807) is 33.8 Å². The zero-order valence-electron chi connectivity index (χ0n) is 11.6. The Morgan fingerprint density at radius 1 is 1.21 bits per heavy atom. The average molecular weight is 266 g/mol. The van der Waals surface area contributed by atoms with Gasteiger partial charge in [-0.3, -0.25) is 9.59 Å². The zero-order valence-corrected chi connectivity index (χ0v) is 11.6. The largest absolute Gasteiger partial charge is 0.344 e. The summed E-state index contributed by atoms with van der Waals surface area (Å²) in [4.78, 5) is 23.6. The highest BCUT2D eigenvalue weighted by Crippen LogP contribution is 2.14. The molecule has 1 rings (SSSR count). The van der Waals surface area contributed by atoms with Crippen LogP contribution in [0.5, 0.6) is 0 Å². The summed E-state index contributed by atoms with van der Waals surface area (Å²) in [6.07, 6.45) is 0. The lowest BCUT2D eigenvalue weighted by Crippen LogP contribution is -2.46. The van der Waals surface area contributed by atoms with Crippen molar-refractivity contribution in [3.8, 4) is 0 Å². The topological polar surface area (TPSA) is 58.2 Å². The Bertz CT molecular complexity index is 481. The molecule has 4 nitrogen and oxygen atoms in total. The number of halogens is 1. The molecule has 0 fully saturated rings. The fourth-order valence-electron chi connectivity index (χ4n) is 1.28. The Morgan fingerprint density at radius 2 is 1.79 bits per heavy atom. The Morgan fingerprint density at radius 3 is 2.32 bits per heavy atom. The van der Waals surface area contributed by atoms with Crippen LogP contribution in [0, 0.1) is 11.2 Å². The summed E-state index contributed by atoms with van der Waals surface area (Å²) < 4.78 is 13.4. The number of rotatable bonds is 3. The molecule has 0 radical (unpaired) electrons. The molecule has 0 bridgehead atoms. The first-order chi connectivity index (χ1) is 8.71. The van der Waals surface area contributed by atoms with Gasteiger partial charge in [-0.1, -0.05) is 32.9 Å². The summed E-state index contributed by atoms with van der Waals surface area (Å²) in [6, 6.07) is 5.15. The van der Waals surface area contributed by atoms with Crippen LogP contribution in [0.2, 0.25) is 0 Å². The minimum atomic E-state index is -0.730. The van der Waals surface area contributed by atoms with Crippen molar-refractivity contribution in [3.63, 3.8) is 0 Å². The normalized spacial score (nSPS) is 12.7.